The molecule has 3 heterocycles. The van der Waals surface area contributed by atoms with Crippen LogP contribution in [0.3, 0.4) is 0 Å². The maximum absolute atomic E-state index is 6.92. The van der Waals surface area contributed by atoms with Crippen LogP contribution in [0.4, 0.5) is 0 Å². The van der Waals surface area contributed by atoms with Gasteiger partial charge in [0.25, 0.3) is 6.33 Å². The van der Waals surface area contributed by atoms with Crippen LogP contribution in [0, 0.1) is 18.5 Å². The molecule has 0 unspecified atom stereocenters. The smallest absolute Gasteiger partial charge is 0.272 e. The summed E-state index contributed by atoms with van der Waals surface area (Å²) in [5.41, 5.74) is 11.4. The zero-order chi connectivity index (χ0) is 48.8. The average molecular weight is 1090 g/mol. The zero-order valence-electron chi connectivity index (χ0n) is 43.8. The number of ether oxygens (including phenoxy) is 1. The van der Waals surface area contributed by atoms with Gasteiger partial charge in [0.2, 0.25) is 0 Å². The fourth-order valence-corrected chi connectivity index (χ4v) is 8.43. The molecule has 0 saturated carbocycles. The van der Waals surface area contributed by atoms with Crippen molar-refractivity contribution in [3.8, 4) is 40.1 Å². The standard InChI is InChI=1S/C61H71N5O.Pt/c1-56(2,3)40-25-26-62-54(35-40)66-52-22-20-19-21-50(52)51-24-23-48(37-53(51)66)67-49-34-45(61(16,17)18)31-46(36-49)64-38-65(47-32-43(59(10,11)12)30-44(33-47)60(13,14)15)63-55(64)39-27-41(57(4,5)6)29-42(28-39)58(7,8)9;/h19-35H,1-18H3;/q-2;. The van der Waals surface area contributed by atoms with Gasteiger partial charge in [-0.3, -0.25) is 0 Å². The minimum atomic E-state index is -0.225. The van der Waals surface area contributed by atoms with Crippen LogP contribution in [0.1, 0.15) is 158 Å². The van der Waals surface area contributed by atoms with Gasteiger partial charge >= 0.3 is 0 Å². The first-order valence-electron chi connectivity index (χ1n) is 23.9. The molecule has 0 aliphatic rings. The molecule has 5 aromatic carbocycles. The minimum absolute atomic E-state index is 0. The number of rotatable bonds is 6. The van der Waals surface area contributed by atoms with E-state index in [0.29, 0.717) is 11.5 Å². The van der Waals surface area contributed by atoms with Gasteiger partial charge in [0, 0.05) is 49.8 Å². The Labute approximate surface area is 421 Å². The van der Waals surface area contributed by atoms with Crippen LogP contribution in [0.15, 0.2) is 103 Å². The van der Waals surface area contributed by atoms with Crippen LogP contribution < -0.4 is 9.42 Å². The van der Waals surface area contributed by atoms with Crippen molar-refractivity contribution in [3.63, 3.8) is 0 Å². The van der Waals surface area contributed by atoms with E-state index in [9.17, 15) is 0 Å². The molecule has 7 heteroatoms. The zero-order valence-corrected chi connectivity index (χ0v) is 46.0. The maximum atomic E-state index is 6.92. The number of nitrogens with zero attached hydrogens (tertiary/aromatic N) is 5. The van der Waals surface area contributed by atoms with Gasteiger partial charge in [0.05, 0.1) is 5.69 Å². The molecule has 8 rings (SSSR count). The van der Waals surface area contributed by atoms with Crippen LogP contribution in [0.5, 0.6) is 11.5 Å². The number of pyridine rings is 1. The SMILES string of the molecule is CC(C)(C)c1cc(Oc2[c-]c3c(cc2)c2ccccc2n3-c2cc(C(C)(C)C)ccn2)[c-]c(-n2[c-][n+](-c3cc(C(C)(C)C)cc(C(C)(C)C)c3)nc2-c2cc(C(C)(C)C)cc(C(C)(C)C)c2)c1.[Pt]. The first kappa shape index (κ1) is 50.6. The van der Waals surface area contributed by atoms with Gasteiger partial charge < -0.3 is 13.9 Å². The van der Waals surface area contributed by atoms with Crippen molar-refractivity contribution in [1.29, 1.82) is 0 Å². The molecule has 6 nitrogen and oxygen atoms in total. The van der Waals surface area contributed by atoms with E-state index in [2.05, 4.69) is 243 Å². The topological polar surface area (TPSA) is 48.8 Å². The molecule has 0 N–H and O–H groups in total. The van der Waals surface area contributed by atoms with Crippen molar-refractivity contribution in [2.75, 3.05) is 0 Å². The van der Waals surface area contributed by atoms with Gasteiger partial charge in [-0.1, -0.05) is 190 Å². The van der Waals surface area contributed by atoms with E-state index in [4.69, 9.17) is 14.8 Å². The third-order valence-corrected chi connectivity index (χ3v) is 13.0. The Bertz CT molecular complexity index is 3100. The van der Waals surface area contributed by atoms with Crippen LogP contribution in [-0.2, 0) is 53.6 Å². The van der Waals surface area contributed by atoms with E-state index < -0.39 is 0 Å². The molecule has 0 aliphatic carbocycles. The van der Waals surface area contributed by atoms with Gasteiger partial charge in [0.15, 0.2) is 5.82 Å². The number of hydrogen-bond donors (Lipinski definition) is 0. The quantitative estimate of drug-likeness (QED) is 0.123. The molecule has 8 aromatic rings. The van der Waals surface area contributed by atoms with Gasteiger partial charge in [-0.25, -0.2) is 4.98 Å². The molecule has 68 heavy (non-hydrogen) atoms. The first-order chi connectivity index (χ1) is 30.9. The van der Waals surface area contributed by atoms with E-state index >= 15 is 0 Å². The number of aromatic nitrogens is 5. The second kappa shape index (κ2) is 17.6. The summed E-state index contributed by atoms with van der Waals surface area (Å²) in [4.78, 5) is 4.90. The van der Waals surface area contributed by atoms with Gasteiger partial charge in [-0.05, 0) is 83.9 Å². The summed E-state index contributed by atoms with van der Waals surface area (Å²) in [6.07, 6.45) is 5.66. The van der Waals surface area contributed by atoms with Crippen molar-refractivity contribution < 1.29 is 30.5 Å². The van der Waals surface area contributed by atoms with Crippen molar-refractivity contribution in [1.82, 2.24) is 19.2 Å². The summed E-state index contributed by atoms with van der Waals surface area (Å²) in [6.45, 7) is 40.7. The van der Waals surface area contributed by atoms with Crippen molar-refractivity contribution in [2.24, 2.45) is 0 Å². The number of benzene rings is 5. The molecule has 3 aromatic heterocycles. The summed E-state index contributed by atoms with van der Waals surface area (Å²) in [6, 6.07) is 42.5. The third-order valence-electron chi connectivity index (χ3n) is 13.0. The normalized spacial score (nSPS) is 13.0. The summed E-state index contributed by atoms with van der Waals surface area (Å²) in [7, 11) is 0. The summed E-state index contributed by atoms with van der Waals surface area (Å²) in [5, 5.41) is 7.71. The maximum Gasteiger partial charge on any atom is 0.272 e. The Morgan fingerprint density at radius 3 is 1.59 bits per heavy atom. The molecule has 0 radical (unpaired) electrons. The van der Waals surface area contributed by atoms with Crippen molar-refractivity contribution in [2.45, 2.75) is 157 Å². The fraction of sp³-hybridized carbons (Fsp3) is 0.393. The van der Waals surface area contributed by atoms with E-state index in [1.54, 1.807) is 0 Å². The Balaban J connectivity index is 0.00000684. The summed E-state index contributed by atoms with van der Waals surface area (Å²) < 4.78 is 13.1. The third kappa shape index (κ3) is 10.3. The molecule has 358 valence electrons. The number of fused-ring (bicyclic) bond motifs is 3. The molecular formula is C61H71N5OPt-2. The van der Waals surface area contributed by atoms with Crippen molar-refractivity contribution in [3.05, 3.63) is 155 Å². The Morgan fingerprint density at radius 2 is 1.03 bits per heavy atom. The Hall–Kier alpha value is -5.32. The van der Waals surface area contributed by atoms with E-state index in [0.717, 1.165) is 55.9 Å². The fourth-order valence-electron chi connectivity index (χ4n) is 8.43. The van der Waals surface area contributed by atoms with Crippen LogP contribution in [0.25, 0.3) is 50.4 Å². The molecule has 0 aliphatic heterocycles. The predicted molar refractivity (Wildman–Crippen MR) is 278 cm³/mol. The molecule has 0 bridgehead atoms. The van der Waals surface area contributed by atoms with E-state index in [1.165, 1.54) is 27.8 Å². The molecule has 0 fully saturated rings. The largest absolute Gasteiger partial charge is 0.510 e. The second-order valence-corrected chi connectivity index (χ2v) is 24.8. The van der Waals surface area contributed by atoms with E-state index in [-0.39, 0.29) is 53.6 Å². The summed E-state index contributed by atoms with van der Waals surface area (Å²) in [5.74, 6) is 2.78. The molecule has 0 spiro atoms. The Morgan fingerprint density at radius 1 is 0.500 bits per heavy atom. The second-order valence-electron chi connectivity index (χ2n) is 24.8. The van der Waals surface area contributed by atoms with Gasteiger partial charge in [-0.2, -0.15) is 22.4 Å². The van der Waals surface area contributed by atoms with Gasteiger partial charge in [-0.15, -0.1) is 34.8 Å². The molecule has 0 amide bonds. The average Bonchev–Trinajstić information content (AvgIpc) is 3.82. The Kier molecular flexibility index (Phi) is 13.1. The monoisotopic (exact) mass is 1080 g/mol. The number of para-hydroxylation sites is 1. The minimum Gasteiger partial charge on any atom is -0.510 e. The number of hydrogen-bond acceptors (Lipinski definition) is 3. The molecule has 0 saturated heterocycles. The predicted octanol–water partition coefficient (Wildman–Crippen LogP) is 15.3. The molecular weight excluding hydrogens is 1010 g/mol. The van der Waals surface area contributed by atoms with Gasteiger partial charge in [0.1, 0.15) is 5.82 Å². The molecule has 0 atom stereocenters. The van der Waals surface area contributed by atoms with Crippen molar-refractivity contribution >= 4 is 21.8 Å². The summed E-state index contributed by atoms with van der Waals surface area (Å²) >= 11 is 0. The van der Waals surface area contributed by atoms with E-state index in [1.807, 2.05) is 16.9 Å². The first-order valence-corrected chi connectivity index (χ1v) is 23.9. The van der Waals surface area contributed by atoms with Crippen LogP contribution in [-0.4, -0.2) is 19.2 Å². The van der Waals surface area contributed by atoms with Crippen LogP contribution >= 0.6 is 0 Å². The van der Waals surface area contributed by atoms with Crippen LogP contribution in [0.2, 0.25) is 0 Å².